The van der Waals surface area contributed by atoms with Crippen LogP contribution in [0.4, 0.5) is 0 Å². The summed E-state index contributed by atoms with van der Waals surface area (Å²) < 4.78 is 0. The third-order valence-electron chi connectivity index (χ3n) is 7.76. The molecule has 0 aliphatic carbocycles. The Morgan fingerprint density at radius 1 is 0.667 bits per heavy atom. The van der Waals surface area contributed by atoms with Crippen LogP contribution < -0.4 is 21.3 Å². The van der Waals surface area contributed by atoms with Gasteiger partial charge < -0.3 is 21.3 Å². The smallest absolute Gasteiger partial charge is 0.0873 e. The van der Waals surface area contributed by atoms with Gasteiger partial charge in [-0.2, -0.15) is 0 Å². The molecule has 3 aromatic rings. The highest BCUT2D eigenvalue weighted by molar-refractivity contribution is 5.83. The Balaban J connectivity index is 1.18. The maximum Gasteiger partial charge on any atom is 0.0873 e. The van der Waals surface area contributed by atoms with Gasteiger partial charge in [-0.25, -0.2) is 0 Å². The monoisotopic (exact) mass is 548 g/mol. The van der Waals surface area contributed by atoms with Crippen molar-refractivity contribution in [2.75, 3.05) is 19.6 Å². The average Bonchev–Trinajstić information content (AvgIpc) is 3.09. The molecule has 0 amide bonds. The van der Waals surface area contributed by atoms with Crippen molar-refractivity contribution in [3.8, 4) is 11.1 Å². The molecule has 206 valence electrons. The number of hydrogen-bond acceptors (Lipinski definition) is 6. The summed E-state index contributed by atoms with van der Waals surface area (Å²) >= 11 is 0. The van der Waals surface area contributed by atoms with Gasteiger partial charge in [0.1, 0.15) is 0 Å². The number of dihydropyridines is 4. The Bertz CT molecular complexity index is 1730. The molecule has 0 bridgehead atoms. The Kier molecular flexibility index (Phi) is 7.09. The molecule has 2 aromatic heterocycles. The normalized spacial score (nSPS) is 19.1. The molecule has 4 aliphatic heterocycles. The summed E-state index contributed by atoms with van der Waals surface area (Å²) in [5, 5.41) is 14.0. The predicted octanol–water partition coefficient (Wildman–Crippen LogP) is 5.80. The largest absolute Gasteiger partial charge is 0.387 e. The molecule has 1 aromatic carbocycles. The van der Waals surface area contributed by atoms with E-state index < -0.39 is 0 Å². The van der Waals surface area contributed by atoms with E-state index in [-0.39, 0.29) is 6.04 Å². The summed E-state index contributed by atoms with van der Waals surface area (Å²) in [5.41, 5.74) is 12.3. The van der Waals surface area contributed by atoms with Crippen LogP contribution in [0.15, 0.2) is 139 Å². The molecule has 4 aliphatic rings. The molecule has 4 N–H and O–H groups in total. The SMILES string of the molecule is C1=CCNC(C2=CC=CC(c3ccc(-c4cc(C5=CC=CNC5)cc(C5=CC=C(c6ccccn6)NC5)c4)cn3)N2)=C1. The van der Waals surface area contributed by atoms with Crippen LogP contribution in [-0.4, -0.2) is 29.6 Å². The third kappa shape index (κ3) is 5.47. The van der Waals surface area contributed by atoms with E-state index in [2.05, 4.69) is 117 Å². The topological polar surface area (TPSA) is 73.9 Å². The van der Waals surface area contributed by atoms with Crippen LogP contribution in [0.3, 0.4) is 0 Å². The summed E-state index contributed by atoms with van der Waals surface area (Å²) in [6.07, 6.45) is 27.0. The van der Waals surface area contributed by atoms with Gasteiger partial charge in [-0.3, -0.25) is 9.97 Å². The zero-order chi connectivity index (χ0) is 28.1. The Labute approximate surface area is 246 Å². The average molecular weight is 549 g/mol. The molecule has 0 saturated carbocycles. The van der Waals surface area contributed by atoms with Gasteiger partial charge in [0, 0.05) is 37.6 Å². The molecule has 1 unspecified atom stereocenters. The summed E-state index contributed by atoms with van der Waals surface area (Å²) in [6.45, 7) is 2.37. The lowest BCUT2D eigenvalue weighted by molar-refractivity contribution is 0.674. The molecular formula is C36H32N6. The van der Waals surface area contributed by atoms with E-state index >= 15 is 0 Å². The van der Waals surface area contributed by atoms with Crippen molar-refractivity contribution >= 4 is 16.8 Å². The molecule has 0 spiro atoms. The number of allylic oxidation sites excluding steroid dienone is 8. The Morgan fingerprint density at radius 3 is 2.26 bits per heavy atom. The fourth-order valence-corrected chi connectivity index (χ4v) is 5.48. The van der Waals surface area contributed by atoms with Crippen LogP contribution in [0.1, 0.15) is 28.6 Å². The molecule has 1 atom stereocenters. The molecule has 0 fully saturated rings. The first-order valence-electron chi connectivity index (χ1n) is 14.3. The number of aromatic nitrogens is 2. The molecule has 0 saturated heterocycles. The molecule has 6 nitrogen and oxygen atoms in total. The van der Waals surface area contributed by atoms with Crippen LogP contribution in [0.2, 0.25) is 0 Å². The summed E-state index contributed by atoms with van der Waals surface area (Å²) in [4.78, 5) is 9.40. The third-order valence-corrected chi connectivity index (χ3v) is 7.76. The van der Waals surface area contributed by atoms with E-state index in [1.165, 1.54) is 22.3 Å². The van der Waals surface area contributed by atoms with Crippen LogP contribution in [0, 0.1) is 0 Å². The highest BCUT2D eigenvalue weighted by Gasteiger charge is 2.18. The van der Waals surface area contributed by atoms with E-state index in [1.54, 1.807) is 0 Å². The first-order chi connectivity index (χ1) is 20.8. The first-order valence-corrected chi connectivity index (χ1v) is 14.3. The highest BCUT2D eigenvalue weighted by atomic mass is 15.0. The van der Waals surface area contributed by atoms with Crippen molar-refractivity contribution in [3.05, 3.63) is 162 Å². The van der Waals surface area contributed by atoms with Gasteiger partial charge in [-0.15, -0.1) is 0 Å². The second kappa shape index (κ2) is 11.6. The van der Waals surface area contributed by atoms with E-state index in [0.29, 0.717) is 0 Å². The van der Waals surface area contributed by atoms with Gasteiger partial charge >= 0.3 is 0 Å². The molecule has 0 radical (unpaired) electrons. The maximum atomic E-state index is 4.91. The molecule has 42 heavy (non-hydrogen) atoms. The van der Waals surface area contributed by atoms with Gasteiger partial charge in [0.05, 0.1) is 34.5 Å². The molecule has 6 heterocycles. The number of rotatable bonds is 6. The van der Waals surface area contributed by atoms with Gasteiger partial charge in [0.15, 0.2) is 0 Å². The number of benzene rings is 1. The summed E-state index contributed by atoms with van der Waals surface area (Å²) in [6, 6.07) is 17.1. The van der Waals surface area contributed by atoms with Crippen LogP contribution in [0.5, 0.6) is 0 Å². The molecule has 7 rings (SSSR count). The second-order valence-electron chi connectivity index (χ2n) is 10.5. The molecular weight excluding hydrogens is 516 g/mol. The Morgan fingerprint density at radius 2 is 1.55 bits per heavy atom. The zero-order valence-electron chi connectivity index (χ0n) is 23.2. The predicted molar refractivity (Wildman–Crippen MR) is 171 cm³/mol. The lowest BCUT2D eigenvalue weighted by atomic mass is 9.92. The number of pyridine rings is 2. The summed E-state index contributed by atoms with van der Waals surface area (Å²) in [7, 11) is 0. The van der Waals surface area contributed by atoms with Crippen molar-refractivity contribution < 1.29 is 0 Å². The minimum Gasteiger partial charge on any atom is -0.387 e. The van der Waals surface area contributed by atoms with E-state index in [9.17, 15) is 0 Å². The Hall–Kier alpha value is -5.36. The first kappa shape index (κ1) is 25.6. The zero-order valence-corrected chi connectivity index (χ0v) is 23.2. The van der Waals surface area contributed by atoms with Crippen molar-refractivity contribution in [2.45, 2.75) is 6.04 Å². The van der Waals surface area contributed by atoms with Gasteiger partial charge in [-0.05, 0) is 94.7 Å². The van der Waals surface area contributed by atoms with Gasteiger partial charge in [0.25, 0.3) is 0 Å². The van der Waals surface area contributed by atoms with Crippen LogP contribution >= 0.6 is 0 Å². The number of hydrogen-bond donors (Lipinski definition) is 4. The number of nitrogens with zero attached hydrogens (tertiary/aromatic N) is 2. The highest BCUT2D eigenvalue weighted by Crippen LogP contribution is 2.31. The van der Waals surface area contributed by atoms with Crippen LogP contribution in [-0.2, 0) is 0 Å². The fraction of sp³-hybridized carbons (Fsp3) is 0.111. The minimum atomic E-state index is 0.0124. The van der Waals surface area contributed by atoms with E-state index in [0.717, 1.165) is 59.2 Å². The maximum absolute atomic E-state index is 4.91. The van der Waals surface area contributed by atoms with Crippen molar-refractivity contribution in [1.29, 1.82) is 0 Å². The van der Waals surface area contributed by atoms with Crippen molar-refractivity contribution in [2.24, 2.45) is 0 Å². The quantitative estimate of drug-likeness (QED) is 0.312. The lowest BCUT2D eigenvalue weighted by Gasteiger charge is -2.24. The lowest BCUT2D eigenvalue weighted by Crippen LogP contribution is -2.29. The van der Waals surface area contributed by atoms with Crippen molar-refractivity contribution in [3.63, 3.8) is 0 Å². The fourth-order valence-electron chi connectivity index (χ4n) is 5.48. The van der Waals surface area contributed by atoms with Crippen molar-refractivity contribution in [1.82, 2.24) is 31.2 Å². The van der Waals surface area contributed by atoms with Gasteiger partial charge in [-0.1, -0.05) is 48.6 Å². The van der Waals surface area contributed by atoms with E-state index in [4.69, 9.17) is 4.98 Å². The molecule has 6 heteroatoms. The summed E-state index contributed by atoms with van der Waals surface area (Å²) in [5.74, 6) is 0. The standard InChI is InChI=1S/C36H32N6/c1-3-17-38-31(8-1)33-14-12-26(23-40-33)29-19-28(25-7-6-16-37-22-25)20-30(21-29)27-13-15-34(41-24-27)36-11-5-10-35(42-36)32-9-2-4-18-39-32/h1-17,19-21,24,36-37,39-40,42H,18,22-23H2. The van der Waals surface area contributed by atoms with Gasteiger partial charge in [0.2, 0.25) is 0 Å². The van der Waals surface area contributed by atoms with E-state index in [1.807, 2.05) is 36.8 Å². The minimum absolute atomic E-state index is 0.0124. The number of nitrogens with one attached hydrogen (secondary N) is 4. The van der Waals surface area contributed by atoms with Crippen LogP contribution in [0.25, 0.3) is 28.0 Å². The second-order valence-corrected chi connectivity index (χ2v) is 10.5.